The van der Waals surface area contributed by atoms with Gasteiger partial charge in [-0.05, 0) is 35.6 Å². The van der Waals surface area contributed by atoms with E-state index in [4.69, 9.17) is 9.37 Å². The molecule has 2 aliphatic rings. The van der Waals surface area contributed by atoms with Crippen LogP contribution in [-0.2, 0) is 4.74 Å². The quantitative estimate of drug-likeness (QED) is 0.743. The van der Waals surface area contributed by atoms with Crippen LogP contribution in [0.4, 0.5) is 11.6 Å². The van der Waals surface area contributed by atoms with E-state index in [9.17, 15) is 0 Å². The van der Waals surface area contributed by atoms with Crippen molar-refractivity contribution in [3.63, 3.8) is 0 Å². The molecular weight excluding hydrogens is 366 g/mol. The number of hydrogen-bond acceptors (Lipinski definition) is 10. The van der Waals surface area contributed by atoms with E-state index in [0.717, 1.165) is 69.0 Å². The van der Waals surface area contributed by atoms with Crippen LogP contribution in [0.2, 0.25) is 0 Å². The van der Waals surface area contributed by atoms with Gasteiger partial charge in [0.1, 0.15) is 0 Å². The molecule has 0 amide bonds. The van der Waals surface area contributed by atoms with E-state index in [1.807, 2.05) is 11.8 Å². The molecule has 1 atom stereocenters. The Morgan fingerprint density at radius 1 is 1.19 bits per heavy atom. The second-order valence-electron chi connectivity index (χ2n) is 7.09. The smallest absolute Gasteiger partial charge is 0.245 e. The third-order valence-corrected chi connectivity index (χ3v) is 6.12. The fourth-order valence-electron chi connectivity index (χ4n) is 3.73. The lowest BCUT2D eigenvalue weighted by Gasteiger charge is -2.33. The number of likely N-dealkylation sites (tertiary alicyclic amines) is 1. The summed E-state index contributed by atoms with van der Waals surface area (Å²) in [6.45, 7) is 6.86. The number of hydrogen-bond donors (Lipinski definition) is 1. The first-order chi connectivity index (χ1) is 13.3. The Morgan fingerprint density at radius 2 is 2.00 bits per heavy atom. The first-order valence-electron chi connectivity index (χ1n) is 9.61. The summed E-state index contributed by atoms with van der Waals surface area (Å²) in [4.78, 5) is 14.1. The van der Waals surface area contributed by atoms with Crippen LogP contribution in [0, 0.1) is 5.92 Å². The first kappa shape index (κ1) is 18.7. The Bertz CT molecular complexity index is 737. The van der Waals surface area contributed by atoms with Crippen molar-refractivity contribution in [2.24, 2.45) is 5.92 Å². The third kappa shape index (κ3) is 4.61. The molecule has 0 radical (unpaired) electrons. The lowest BCUT2D eigenvalue weighted by molar-refractivity contribution is 0.117. The van der Waals surface area contributed by atoms with Crippen molar-refractivity contribution in [3.8, 4) is 0 Å². The highest BCUT2D eigenvalue weighted by molar-refractivity contribution is 7.99. The average Bonchev–Trinajstić information content (AvgIpc) is 3.18. The van der Waals surface area contributed by atoms with Crippen molar-refractivity contribution < 1.29 is 9.37 Å². The van der Waals surface area contributed by atoms with E-state index in [2.05, 4.69) is 35.4 Å². The first-order valence-corrected chi connectivity index (χ1v) is 10.8. The molecule has 2 aliphatic heterocycles. The van der Waals surface area contributed by atoms with Crippen LogP contribution < -0.4 is 10.2 Å². The van der Waals surface area contributed by atoms with Crippen molar-refractivity contribution in [1.82, 2.24) is 25.2 Å². The molecule has 27 heavy (non-hydrogen) atoms. The summed E-state index contributed by atoms with van der Waals surface area (Å²) >= 11 is 1.97. The monoisotopic (exact) mass is 393 g/mol. The molecule has 1 N–H and O–H groups in total. The summed E-state index contributed by atoms with van der Waals surface area (Å²) in [6, 6.07) is 0. The van der Waals surface area contributed by atoms with Gasteiger partial charge in [0.15, 0.2) is 11.6 Å². The van der Waals surface area contributed by atoms with Crippen LogP contribution in [0.3, 0.4) is 0 Å². The second-order valence-corrected chi connectivity index (χ2v) is 8.31. The molecule has 0 saturated carbocycles. The maximum atomic E-state index is 5.22. The molecule has 0 bridgehead atoms. The number of piperidine rings is 1. The molecule has 10 heteroatoms. The number of nitrogens with one attached hydrogen (secondary N) is 1. The zero-order valence-electron chi connectivity index (χ0n) is 15.8. The fourth-order valence-corrected chi connectivity index (χ4v) is 4.63. The number of ether oxygens (including phenoxy) is 1. The molecule has 4 rings (SSSR count). The van der Waals surface area contributed by atoms with E-state index < -0.39 is 0 Å². The maximum absolute atomic E-state index is 5.22. The van der Waals surface area contributed by atoms with Gasteiger partial charge in [-0.1, -0.05) is 0 Å². The zero-order chi connectivity index (χ0) is 18.5. The Morgan fingerprint density at radius 3 is 2.81 bits per heavy atom. The van der Waals surface area contributed by atoms with Gasteiger partial charge in [0.05, 0.1) is 6.61 Å². The molecule has 148 valence electrons. The van der Waals surface area contributed by atoms with Crippen molar-refractivity contribution >= 4 is 34.7 Å². The highest BCUT2D eigenvalue weighted by Gasteiger charge is 2.23. The summed E-state index contributed by atoms with van der Waals surface area (Å²) in [5.74, 6) is 4.46. The molecule has 9 nitrogen and oxygen atoms in total. The summed E-state index contributed by atoms with van der Waals surface area (Å²) in [5, 5.41) is 11.3. The molecule has 2 aromatic rings. The molecule has 2 saturated heterocycles. The third-order valence-electron chi connectivity index (χ3n) is 5.18. The van der Waals surface area contributed by atoms with Gasteiger partial charge in [0, 0.05) is 51.3 Å². The summed E-state index contributed by atoms with van der Waals surface area (Å²) < 4.78 is 10.0. The van der Waals surface area contributed by atoms with Crippen LogP contribution in [0.15, 0.2) is 4.63 Å². The van der Waals surface area contributed by atoms with Gasteiger partial charge in [-0.15, -0.1) is 0 Å². The second kappa shape index (κ2) is 9.03. The molecule has 2 fully saturated rings. The van der Waals surface area contributed by atoms with Crippen molar-refractivity contribution in [2.45, 2.75) is 12.8 Å². The number of thioether (sulfide) groups is 1. The standard InChI is InChI=1S/C17H27N7O2S/c1-25-8-5-23-4-2-3-13(12-23)11-18-16-17(24-6-9-27-10-7-24)20-15-14(19-16)21-26-22-15/h13H,2-12H2,1H3,(H,18,19,21)/t13-/m1/s1. The van der Waals surface area contributed by atoms with Gasteiger partial charge in [-0.25, -0.2) is 14.6 Å². The Balaban J connectivity index is 1.45. The Labute approximate surface area is 163 Å². The summed E-state index contributed by atoms with van der Waals surface area (Å²) in [6.07, 6.45) is 2.46. The number of methoxy groups -OCH3 is 1. The molecular formula is C17H27N7O2S. The maximum Gasteiger partial charge on any atom is 0.245 e. The molecule has 0 aromatic carbocycles. The van der Waals surface area contributed by atoms with Crippen molar-refractivity contribution in [3.05, 3.63) is 0 Å². The van der Waals surface area contributed by atoms with Gasteiger partial charge in [-0.3, -0.25) is 0 Å². The summed E-state index contributed by atoms with van der Waals surface area (Å²) in [5.41, 5.74) is 0.926. The number of nitrogens with zero attached hydrogens (tertiary/aromatic N) is 6. The van der Waals surface area contributed by atoms with E-state index in [0.29, 0.717) is 17.2 Å². The van der Waals surface area contributed by atoms with Crippen LogP contribution >= 0.6 is 11.8 Å². The van der Waals surface area contributed by atoms with Gasteiger partial charge >= 0.3 is 0 Å². The Hall–Kier alpha value is -1.65. The SMILES string of the molecule is COCCN1CCC[C@H](CNc2nc3nonc3nc2N2CCSCC2)C1. The minimum atomic E-state index is 0.456. The molecule has 2 aromatic heterocycles. The van der Waals surface area contributed by atoms with E-state index in [1.54, 1.807) is 7.11 Å². The molecule has 4 heterocycles. The summed E-state index contributed by atoms with van der Waals surface area (Å²) in [7, 11) is 1.76. The van der Waals surface area contributed by atoms with Crippen LogP contribution in [0.5, 0.6) is 0 Å². The van der Waals surface area contributed by atoms with Crippen LogP contribution in [0.25, 0.3) is 11.3 Å². The van der Waals surface area contributed by atoms with Crippen LogP contribution in [0.1, 0.15) is 12.8 Å². The lowest BCUT2D eigenvalue weighted by atomic mass is 9.98. The predicted molar refractivity (Wildman–Crippen MR) is 106 cm³/mol. The lowest BCUT2D eigenvalue weighted by Crippen LogP contribution is -2.40. The van der Waals surface area contributed by atoms with Gasteiger partial charge in [0.2, 0.25) is 11.3 Å². The fraction of sp³-hybridized carbons (Fsp3) is 0.765. The minimum absolute atomic E-state index is 0.456. The Kier molecular flexibility index (Phi) is 6.25. The molecule has 0 spiro atoms. The highest BCUT2D eigenvalue weighted by atomic mass is 32.2. The molecule has 0 unspecified atom stereocenters. The van der Waals surface area contributed by atoms with Crippen molar-refractivity contribution in [1.29, 1.82) is 0 Å². The molecule has 0 aliphatic carbocycles. The number of aromatic nitrogens is 4. The largest absolute Gasteiger partial charge is 0.383 e. The minimum Gasteiger partial charge on any atom is -0.383 e. The highest BCUT2D eigenvalue weighted by Crippen LogP contribution is 2.27. The predicted octanol–water partition coefficient (Wildman–Crippen LogP) is 1.34. The van der Waals surface area contributed by atoms with E-state index in [1.165, 1.54) is 12.8 Å². The number of fused-ring (bicyclic) bond motifs is 1. The van der Waals surface area contributed by atoms with Gasteiger partial charge in [0.25, 0.3) is 0 Å². The van der Waals surface area contributed by atoms with Gasteiger partial charge < -0.3 is 19.9 Å². The van der Waals surface area contributed by atoms with Crippen molar-refractivity contribution in [2.75, 3.05) is 74.7 Å². The van der Waals surface area contributed by atoms with E-state index in [-0.39, 0.29) is 0 Å². The van der Waals surface area contributed by atoms with Gasteiger partial charge in [-0.2, -0.15) is 11.8 Å². The zero-order valence-corrected chi connectivity index (χ0v) is 16.6. The number of anilines is 2. The topological polar surface area (TPSA) is 92.4 Å². The average molecular weight is 394 g/mol. The number of rotatable bonds is 7. The van der Waals surface area contributed by atoms with Crippen LogP contribution in [-0.4, -0.2) is 89.7 Å². The normalized spacial score (nSPS) is 21.7. The van der Waals surface area contributed by atoms with E-state index >= 15 is 0 Å².